The Morgan fingerprint density at radius 3 is 2.23 bits per heavy atom. The first-order valence-corrected chi connectivity index (χ1v) is 7.45. The summed E-state index contributed by atoms with van der Waals surface area (Å²) in [4.78, 5) is 16.3. The van der Waals surface area contributed by atoms with Gasteiger partial charge >= 0.3 is 5.97 Å². The molecule has 1 rings (SSSR count). The van der Waals surface area contributed by atoms with Crippen LogP contribution in [-0.2, 0) is 16.0 Å². The first-order chi connectivity index (χ1) is 10.1. The molecule has 0 saturated heterocycles. The zero-order valence-electron chi connectivity index (χ0n) is 13.0. The van der Waals surface area contributed by atoms with Gasteiger partial charge in [0.05, 0.1) is 0 Å². The lowest BCUT2D eigenvalue weighted by atomic mass is 9.92. The van der Waals surface area contributed by atoms with E-state index in [1.165, 1.54) is 0 Å². The van der Waals surface area contributed by atoms with Crippen LogP contribution in [0.3, 0.4) is 0 Å². The van der Waals surface area contributed by atoms with Crippen LogP contribution < -0.4 is 0 Å². The van der Waals surface area contributed by atoms with Gasteiger partial charge in [0.2, 0.25) is 5.54 Å². The fourth-order valence-electron chi connectivity index (χ4n) is 1.78. The van der Waals surface area contributed by atoms with Crippen molar-refractivity contribution in [2.75, 3.05) is 0 Å². The minimum atomic E-state index is -1.80. The number of halogens is 2. The van der Waals surface area contributed by atoms with Gasteiger partial charge in [0.25, 0.3) is 0 Å². The van der Waals surface area contributed by atoms with Crippen LogP contribution in [0.4, 0.5) is 0 Å². The highest BCUT2D eigenvalue weighted by molar-refractivity contribution is 6.95. The van der Waals surface area contributed by atoms with E-state index in [1.807, 2.05) is 37.3 Å². The summed E-state index contributed by atoms with van der Waals surface area (Å²) >= 11 is 11.2. The largest absolute Gasteiger partial charge is 0.457 e. The number of hydrogen-bond acceptors (Lipinski definition) is 4. The number of aryl methyl sites for hydroxylation is 1. The van der Waals surface area contributed by atoms with Crippen LogP contribution in [0.25, 0.3) is 0 Å². The molecule has 1 unspecified atom stereocenters. The molecule has 0 heterocycles. The molecular weight excluding hydrogens is 323 g/mol. The molecule has 4 nitrogen and oxygen atoms in total. The fraction of sp³-hybridized carbons (Fsp3) is 0.438. The molecule has 0 spiro atoms. The number of benzene rings is 1. The van der Waals surface area contributed by atoms with Crippen LogP contribution in [0.15, 0.2) is 29.3 Å². The number of hydrogen-bond donors (Lipinski definition) is 0. The van der Waals surface area contributed by atoms with Gasteiger partial charge in [-0.15, -0.1) is 0 Å². The second-order valence-electron chi connectivity index (χ2n) is 5.99. The van der Waals surface area contributed by atoms with Crippen molar-refractivity contribution >= 4 is 33.8 Å². The predicted molar refractivity (Wildman–Crippen MR) is 88.2 cm³/mol. The molecule has 1 atom stereocenters. The third-order valence-electron chi connectivity index (χ3n) is 2.78. The highest BCUT2D eigenvalue weighted by atomic mass is 35.5. The standard InChI is InChI=1S/C16H18Cl2N2O2/c1-11-5-7-12(8-6-11)9-16(10-19,20-14(17)18)13(21)22-15(2,3)4/h5-8H,9H2,1-4H3. The Morgan fingerprint density at radius 1 is 1.27 bits per heavy atom. The van der Waals surface area contributed by atoms with Gasteiger partial charge in [0, 0.05) is 6.42 Å². The average Bonchev–Trinajstić information content (AvgIpc) is 2.38. The molecule has 1 aromatic rings. The van der Waals surface area contributed by atoms with Gasteiger partial charge in [0.1, 0.15) is 11.7 Å². The van der Waals surface area contributed by atoms with E-state index in [1.54, 1.807) is 20.8 Å². The SMILES string of the molecule is Cc1ccc(CC(C#N)(N=C(Cl)Cl)C(=O)OC(C)(C)C)cc1. The van der Waals surface area contributed by atoms with Crippen molar-refractivity contribution < 1.29 is 9.53 Å². The number of aliphatic imine (C=N–C) groups is 1. The van der Waals surface area contributed by atoms with Gasteiger partial charge in [-0.2, -0.15) is 5.26 Å². The van der Waals surface area contributed by atoms with Crippen molar-refractivity contribution in [3.8, 4) is 6.07 Å². The second kappa shape index (κ2) is 7.13. The summed E-state index contributed by atoms with van der Waals surface area (Å²) < 4.78 is 4.92. The first kappa shape index (κ1) is 18.5. The van der Waals surface area contributed by atoms with Crippen molar-refractivity contribution in [2.24, 2.45) is 4.99 Å². The summed E-state index contributed by atoms with van der Waals surface area (Å²) in [6, 6.07) is 9.32. The zero-order chi connectivity index (χ0) is 17.0. The van der Waals surface area contributed by atoms with E-state index in [2.05, 4.69) is 4.99 Å². The Bertz CT molecular complexity index is 609. The molecule has 0 aliphatic rings. The van der Waals surface area contributed by atoms with Gasteiger partial charge in [-0.3, -0.25) is 0 Å². The Kier molecular flexibility index (Phi) is 5.99. The Balaban J connectivity index is 3.22. The molecular formula is C16H18Cl2N2O2. The number of nitrogens with zero attached hydrogens (tertiary/aromatic N) is 2. The summed E-state index contributed by atoms with van der Waals surface area (Å²) in [7, 11) is 0. The highest BCUT2D eigenvalue weighted by Gasteiger charge is 2.42. The van der Waals surface area contributed by atoms with Crippen LogP contribution in [0.5, 0.6) is 0 Å². The van der Waals surface area contributed by atoms with Crippen LogP contribution in [0, 0.1) is 18.3 Å². The maximum Gasteiger partial charge on any atom is 0.349 e. The summed E-state index contributed by atoms with van der Waals surface area (Å²) in [6.07, 6.45) is 0.0294. The van der Waals surface area contributed by atoms with Gasteiger partial charge in [-0.25, -0.2) is 9.79 Å². The molecule has 118 valence electrons. The van der Waals surface area contributed by atoms with E-state index >= 15 is 0 Å². The first-order valence-electron chi connectivity index (χ1n) is 6.69. The molecule has 0 aliphatic carbocycles. The quantitative estimate of drug-likeness (QED) is 0.615. The monoisotopic (exact) mass is 340 g/mol. The maximum atomic E-state index is 12.4. The van der Waals surface area contributed by atoms with Crippen LogP contribution in [0.1, 0.15) is 31.9 Å². The van der Waals surface area contributed by atoms with E-state index in [4.69, 9.17) is 27.9 Å². The third-order valence-corrected chi connectivity index (χ3v) is 2.95. The molecule has 22 heavy (non-hydrogen) atoms. The van der Waals surface area contributed by atoms with Gasteiger partial charge in [-0.1, -0.05) is 29.8 Å². The molecule has 6 heteroatoms. The summed E-state index contributed by atoms with van der Waals surface area (Å²) in [5.74, 6) is -0.776. The molecule has 0 saturated carbocycles. The molecule has 0 aliphatic heterocycles. The molecule has 1 aromatic carbocycles. The van der Waals surface area contributed by atoms with Crippen LogP contribution >= 0.6 is 23.2 Å². The third kappa shape index (κ3) is 5.32. The zero-order valence-corrected chi connectivity index (χ0v) is 14.5. The van der Waals surface area contributed by atoms with E-state index in [-0.39, 0.29) is 11.1 Å². The number of nitriles is 1. The lowest BCUT2D eigenvalue weighted by Gasteiger charge is -2.26. The van der Waals surface area contributed by atoms with E-state index in [9.17, 15) is 10.1 Å². The van der Waals surface area contributed by atoms with Crippen molar-refractivity contribution in [1.82, 2.24) is 0 Å². The number of esters is 1. The molecule has 0 radical (unpaired) electrons. The van der Waals surface area contributed by atoms with E-state index in [0.717, 1.165) is 11.1 Å². The maximum absolute atomic E-state index is 12.4. The molecule has 0 aromatic heterocycles. The van der Waals surface area contributed by atoms with Crippen molar-refractivity contribution in [1.29, 1.82) is 5.26 Å². The minimum absolute atomic E-state index is 0.0294. The molecule has 0 amide bonds. The lowest BCUT2D eigenvalue weighted by Crippen LogP contribution is -2.43. The van der Waals surface area contributed by atoms with Gasteiger partial charge in [-0.05, 0) is 56.5 Å². The normalized spacial score (nSPS) is 13.7. The minimum Gasteiger partial charge on any atom is -0.457 e. The number of carbonyl (C=O) groups is 1. The number of ether oxygens (including phenoxy) is 1. The lowest BCUT2D eigenvalue weighted by molar-refractivity contribution is -0.159. The summed E-state index contributed by atoms with van der Waals surface area (Å²) in [5.41, 5.74) is -0.721. The Labute approximate surface area is 140 Å². The topological polar surface area (TPSA) is 62.5 Å². The van der Waals surface area contributed by atoms with Crippen molar-refractivity contribution in [2.45, 2.75) is 45.3 Å². The van der Waals surface area contributed by atoms with Gasteiger partial charge < -0.3 is 4.74 Å². The Morgan fingerprint density at radius 2 is 1.82 bits per heavy atom. The van der Waals surface area contributed by atoms with Crippen molar-refractivity contribution in [3.05, 3.63) is 35.4 Å². The highest BCUT2D eigenvalue weighted by Crippen LogP contribution is 2.24. The van der Waals surface area contributed by atoms with E-state index < -0.39 is 17.1 Å². The van der Waals surface area contributed by atoms with E-state index in [0.29, 0.717) is 0 Å². The molecule has 0 bridgehead atoms. The van der Waals surface area contributed by atoms with Crippen molar-refractivity contribution in [3.63, 3.8) is 0 Å². The number of carbonyl (C=O) groups excluding carboxylic acids is 1. The molecule has 0 fully saturated rings. The van der Waals surface area contributed by atoms with Gasteiger partial charge in [0.15, 0.2) is 4.63 Å². The van der Waals surface area contributed by atoms with Crippen LogP contribution in [0.2, 0.25) is 0 Å². The molecule has 0 N–H and O–H groups in total. The smallest absolute Gasteiger partial charge is 0.349 e. The average molecular weight is 341 g/mol. The van der Waals surface area contributed by atoms with Crippen LogP contribution in [-0.4, -0.2) is 21.7 Å². The summed E-state index contributed by atoms with van der Waals surface area (Å²) in [5, 5.41) is 9.53. The summed E-state index contributed by atoms with van der Waals surface area (Å²) in [6.45, 7) is 7.09. The number of rotatable bonds is 4. The Hall–Kier alpha value is -1.57. The fourth-order valence-corrected chi connectivity index (χ4v) is 2.06. The second-order valence-corrected chi connectivity index (χ2v) is 6.90. The predicted octanol–water partition coefficient (Wildman–Crippen LogP) is 3.98.